The van der Waals surface area contributed by atoms with Crippen LogP contribution >= 0.6 is 0 Å². The number of nitriles is 1. The minimum atomic E-state index is -0.516. The number of aromatic amines is 1. The van der Waals surface area contributed by atoms with Gasteiger partial charge in [-0.2, -0.15) is 10.4 Å². The van der Waals surface area contributed by atoms with E-state index in [9.17, 15) is 10.1 Å². The van der Waals surface area contributed by atoms with Gasteiger partial charge in [-0.15, -0.1) is 0 Å². The highest BCUT2D eigenvalue weighted by Gasteiger charge is 2.26. The van der Waals surface area contributed by atoms with Crippen molar-refractivity contribution in [3.05, 3.63) is 60.4 Å². The van der Waals surface area contributed by atoms with E-state index < -0.39 is 5.41 Å². The van der Waals surface area contributed by atoms with Crippen molar-refractivity contribution in [1.29, 1.82) is 5.26 Å². The molecule has 0 unspecified atom stereocenters. The number of aromatic nitrogens is 6. The van der Waals surface area contributed by atoms with Gasteiger partial charge in [-0.25, -0.2) is 19.6 Å². The molecule has 0 atom stereocenters. The molecule has 9 nitrogen and oxygen atoms in total. The third kappa shape index (κ3) is 4.18. The number of carbonyl (C=O) groups is 1. The van der Waals surface area contributed by atoms with Crippen LogP contribution in [0.3, 0.4) is 0 Å². The van der Waals surface area contributed by atoms with E-state index in [0.29, 0.717) is 28.2 Å². The highest BCUT2D eigenvalue weighted by atomic mass is 16.1. The fraction of sp³-hybridized carbons (Fsp3) is 0.182. The Morgan fingerprint density at radius 2 is 2.03 bits per heavy atom. The Labute approximate surface area is 178 Å². The molecule has 3 aromatic heterocycles. The van der Waals surface area contributed by atoms with Crippen LogP contribution in [0.1, 0.15) is 36.7 Å². The number of Topliss-reactive ketones (excluding diaryl/α,β-unsaturated/α-hetero) is 1. The van der Waals surface area contributed by atoms with Crippen LogP contribution in [0.15, 0.2) is 49.3 Å². The Morgan fingerprint density at radius 1 is 1.26 bits per heavy atom. The first-order valence-electron chi connectivity index (χ1n) is 9.58. The number of anilines is 2. The molecule has 0 radical (unpaired) electrons. The third-order valence-electron chi connectivity index (χ3n) is 4.57. The highest BCUT2D eigenvalue weighted by molar-refractivity contribution is 6.08. The predicted octanol–water partition coefficient (Wildman–Crippen LogP) is 4.04. The van der Waals surface area contributed by atoms with Gasteiger partial charge in [0.1, 0.15) is 35.8 Å². The zero-order chi connectivity index (χ0) is 22.0. The molecular weight excluding hydrogens is 392 g/mol. The molecule has 1 aromatic carbocycles. The Balaban J connectivity index is 1.57. The lowest BCUT2D eigenvalue weighted by Crippen LogP contribution is -2.20. The minimum absolute atomic E-state index is 0.00187. The molecule has 0 aliphatic rings. The molecule has 0 aliphatic carbocycles. The molecule has 9 heteroatoms. The number of hydrogen-bond acceptors (Lipinski definition) is 7. The summed E-state index contributed by atoms with van der Waals surface area (Å²) in [5.74, 6) is 0.528. The first kappa shape index (κ1) is 20.0. The largest absolute Gasteiger partial charge is 0.344 e. The minimum Gasteiger partial charge on any atom is -0.344 e. The molecule has 4 rings (SSSR count). The van der Waals surface area contributed by atoms with E-state index >= 15 is 0 Å². The van der Waals surface area contributed by atoms with Crippen LogP contribution < -0.4 is 5.32 Å². The van der Waals surface area contributed by atoms with Crippen LogP contribution in [0.5, 0.6) is 0 Å². The molecule has 31 heavy (non-hydrogen) atoms. The van der Waals surface area contributed by atoms with E-state index in [-0.39, 0.29) is 5.78 Å². The first-order chi connectivity index (χ1) is 14.8. The van der Waals surface area contributed by atoms with E-state index in [1.165, 1.54) is 17.3 Å². The number of nitrogens with zero attached hydrogens (tertiary/aromatic N) is 6. The van der Waals surface area contributed by atoms with Gasteiger partial charge in [-0.1, -0.05) is 32.9 Å². The second-order valence-corrected chi connectivity index (χ2v) is 7.96. The average Bonchev–Trinajstić information content (AvgIpc) is 3.42. The molecule has 154 valence electrons. The fourth-order valence-corrected chi connectivity index (χ4v) is 2.98. The van der Waals surface area contributed by atoms with Gasteiger partial charge in [-0.3, -0.25) is 4.79 Å². The number of allylic oxidation sites excluding steroid dienone is 1. The summed E-state index contributed by atoms with van der Waals surface area (Å²) in [5.41, 5.74) is 3.10. The van der Waals surface area contributed by atoms with Crippen LogP contribution in [-0.4, -0.2) is 35.5 Å². The number of ketones is 1. The lowest BCUT2D eigenvalue weighted by atomic mass is 9.87. The van der Waals surface area contributed by atoms with Gasteiger partial charge in [-0.05, 0) is 23.8 Å². The monoisotopic (exact) mass is 412 g/mol. The fourth-order valence-electron chi connectivity index (χ4n) is 2.98. The average molecular weight is 412 g/mol. The van der Waals surface area contributed by atoms with Crippen molar-refractivity contribution in [3.63, 3.8) is 0 Å². The Bertz CT molecular complexity index is 1300. The molecule has 0 bridgehead atoms. The molecule has 4 aromatic rings. The van der Waals surface area contributed by atoms with E-state index in [1.807, 2.05) is 45.0 Å². The third-order valence-corrected chi connectivity index (χ3v) is 4.57. The van der Waals surface area contributed by atoms with Crippen molar-refractivity contribution in [2.75, 3.05) is 5.32 Å². The normalized spacial score (nSPS) is 12.0. The maximum Gasteiger partial charge on any atom is 0.171 e. The van der Waals surface area contributed by atoms with E-state index in [4.69, 9.17) is 0 Å². The Morgan fingerprint density at radius 3 is 2.68 bits per heavy atom. The molecular formula is C22H20N8O. The Kier molecular flexibility index (Phi) is 5.05. The number of carbonyl (C=O) groups excluding carboxylic acids is 1. The topological polar surface area (TPSA) is 125 Å². The van der Waals surface area contributed by atoms with Gasteiger partial charge >= 0.3 is 0 Å². The summed E-state index contributed by atoms with van der Waals surface area (Å²) in [4.78, 5) is 28.5. The van der Waals surface area contributed by atoms with Crippen LogP contribution in [0.4, 0.5) is 11.5 Å². The number of benzene rings is 1. The number of fused-ring (bicyclic) bond motifs is 1. The number of rotatable bonds is 5. The summed E-state index contributed by atoms with van der Waals surface area (Å²) in [7, 11) is 0. The van der Waals surface area contributed by atoms with Crippen LogP contribution in [0, 0.1) is 16.7 Å². The standard InChI is InChI=1S/C22H20N8O/c1-22(2,3)20(31)17-10-25-21-19(17)29-18(11-26-21)28-15-6-4-14(5-7-15)8-16(9-23)30-13-24-12-27-30/h4-8,10-13H,1-3H3,(H,25,26)(H,28,29)/b16-8+. The highest BCUT2D eigenvalue weighted by Crippen LogP contribution is 2.26. The molecule has 0 fully saturated rings. The van der Waals surface area contributed by atoms with E-state index in [1.54, 1.807) is 18.5 Å². The summed E-state index contributed by atoms with van der Waals surface area (Å²) in [6.45, 7) is 5.63. The summed E-state index contributed by atoms with van der Waals surface area (Å²) in [6.07, 6.45) is 7.83. The van der Waals surface area contributed by atoms with Gasteiger partial charge in [0.05, 0.1) is 11.8 Å². The van der Waals surface area contributed by atoms with Crippen LogP contribution in [-0.2, 0) is 0 Å². The molecule has 0 saturated carbocycles. The predicted molar refractivity (Wildman–Crippen MR) is 117 cm³/mol. The quantitative estimate of drug-likeness (QED) is 0.374. The SMILES string of the molecule is CC(C)(C)C(=O)c1c[nH]c2ncc(Nc3ccc(/C=C(\C#N)n4cncn4)cc3)nc12. The lowest BCUT2D eigenvalue weighted by Gasteiger charge is -2.15. The molecule has 0 amide bonds. The van der Waals surface area contributed by atoms with Gasteiger partial charge in [0.25, 0.3) is 0 Å². The molecule has 2 N–H and O–H groups in total. The summed E-state index contributed by atoms with van der Waals surface area (Å²) in [5, 5.41) is 16.5. The molecule has 0 spiro atoms. The molecule has 0 saturated heterocycles. The van der Waals surface area contributed by atoms with Crippen LogP contribution in [0.2, 0.25) is 0 Å². The Hall–Kier alpha value is -4.32. The second-order valence-electron chi connectivity index (χ2n) is 7.96. The first-order valence-corrected chi connectivity index (χ1v) is 9.58. The molecule has 0 aliphatic heterocycles. The van der Waals surface area contributed by atoms with Crippen molar-refractivity contribution in [3.8, 4) is 6.07 Å². The molecule has 3 heterocycles. The summed E-state index contributed by atoms with van der Waals surface area (Å²) >= 11 is 0. The zero-order valence-electron chi connectivity index (χ0n) is 17.3. The van der Waals surface area contributed by atoms with Crippen molar-refractivity contribution in [2.45, 2.75) is 20.8 Å². The van der Waals surface area contributed by atoms with Gasteiger partial charge in [0.15, 0.2) is 11.4 Å². The second kappa shape index (κ2) is 7.84. The van der Waals surface area contributed by atoms with Gasteiger partial charge in [0, 0.05) is 17.3 Å². The van der Waals surface area contributed by atoms with E-state index in [0.717, 1.165) is 11.3 Å². The van der Waals surface area contributed by atoms with E-state index in [2.05, 4.69) is 36.4 Å². The van der Waals surface area contributed by atoms with Gasteiger partial charge in [0.2, 0.25) is 0 Å². The van der Waals surface area contributed by atoms with Crippen molar-refractivity contribution < 1.29 is 4.79 Å². The summed E-state index contributed by atoms with van der Waals surface area (Å²) < 4.78 is 1.41. The smallest absolute Gasteiger partial charge is 0.171 e. The van der Waals surface area contributed by atoms with Crippen molar-refractivity contribution >= 4 is 40.2 Å². The zero-order valence-corrected chi connectivity index (χ0v) is 17.3. The van der Waals surface area contributed by atoms with Crippen molar-refractivity contribution in [1.82, 2.24) is 29.7 Å². The summed E-state index contributed by atoms with van der Waals surface area (Å²) in [6, 6.07) is 9.58. The number of nitrogens with one attached hydrogen (secondary N) is 2. The number of hydrogen-bond donors (Lipinski definition) is 2. The lowest BCUT2D eigenvalue weighted by molar-refractivity contribution is 0.0860. The maximum absolute atomic E-state index is 12.7. The van der Waals surface area contributed by atoms with Crippen LogP contribution in [0.25, 0.3) is 22.9 Å². The van der Waals surface area contributed by atoms with Gasteiger partial charge < -0.3 is 10.3 Å². The van der Waals surface area contributed by atoms with Crippen molar-refractivity contribution in [2.24, 2.45) is 5.41 Å². The number of H-pyrrole nitrogens is 1. The maximum atomic E-state index is 12.7.